The molecule has 2 rings (SSSR count). The van der Waals surface area contributed by atoms with Crippen molar-refractivity contribution in [1.29, 1.82) is 0 Å². The molecule has 1 aliphatic heterocycles. The molecule has 0 saturated carbocycles. The third-order valence-corrected chi connectivity index (χ3v) is 4.26. The monoisotopic (exact) mass is 306 g/mol. The second kappa shape index (κ2) is 7.49. The van der Waals surface area contributed by atoms with Gasteiger partial charge in [-0.05, 0) is 57.0 Å². The van der Waals surface area contributed by atoms with E-state index in [4.69, 9.17) is 9.47 Å². The third-order valence-electron chi connectivity index (χ3n) is 4.26. The van der Waals surface area contributed by atoms with Gasteiger partial charge in [0.15, 0.2) is 11.5 Å². The van der Waals surface area contributed by atoms with E-state index in [1.807, 2.05) is 24.9 Å². The molecule has 0 radical (unpaired) electrons. The van der Waals surface area contributed by atoms with E-state index in [1.54, 1.807) is 20.3 Å². The Morgan fingerprint density at radius 1 is 1.32 bits per heavy atom. The van der Waals surface area contributed by atoms with Crippen molar-refractivity contribution in [3.05, 3.63) is 23.3 Å². The van der Waals surface area contributed by atoms with Crippen molar-refractivity contribution in [3.63, 3.8) is 0 Å². The first-order chi connectivity index (χ1) is 10.6. The van der Waals surface area contributed by atoms with Crippen LogP contribution in [0.25, 0.3) is 0 Å². The lowest BCUT2D eigenvalue weighted by molar-refractivity contribution is 0.0673. The summed E-state index contributed by atoms with van der Waals surface area (Å²) in [5.41, 5.74) is 1.61. The molecule has 1 amide bonds. The van der Waals surface area contributed by atoms with E-state index in [9.17, 15) is 4.79 Å². The number of carbonyl (C=O) groups is 1. The summed E-state index contributed by atoms with van der Waals surface area (Å²) >= 11 is 0. The number of nitrogens with one attached hydrogen (secondary N) is 1. The van der Waals surface area contributed by atoms with Gasteiger partial charge in [0.05, 0.1) is 14.2 Å². The summed E-state index contributed by atoms with van der Waals surface area (Å²) in [6.07, 6.45) is 2.24. The molecule has 1 N–H and O–H groups in total. The molecule has 0 unspecified atom stereocenters. The number of carbonyl (C=O) groups excluding carboxylic acids is 1. The lowest BCUT2D eigenvalue weighted by Gasteiger charge is -2.33. The van der Waals surface area contributed by atoms with E-state index in [1.165, 1.54) is 6.42 Å². The first kappa shape index (κ1) is 16.6. The molecule has 0 aliphatic carbocycles. The Kier molecular flexibility index (Phi) is 5.66. The average molecular weight is 306 g/mol. The van der Waals surface area contributed by atoms with Crippen LogP contribution >= 0.6 is 0 Å². The van der Waals surface area contributed by atoms with Gasteiger partial charge in [0, 0.05) is 18.7 Å². The SMILES string of the molecule is CNC[C@@H]1CCCN(C(=O)c2cc(OC)c(OC)cc2C)C1. The van der Waals surface area contributed by atoms with Crippen LogP contribution in [0, 0.1) is 12.8 Å². The molecule has 22 heavy (non-hydrogen) atoms. The van der Waals surface area contributed by atoms with Crippen molar-refractivity contribution < 1.29 is 14.3 Å². The molecule has 1 aliphatic rings. The fourth-order valence-electron chi connectivity index (χ4n) is 3.09. The number of ether oxygens (including phenoxy) is 2. The molecule has 1 aromatic rings. The lowest BCUT2D eigenvalue weighted by atomic mass is 9.96. The average Bonchev–Trinajstić information content (AvgIpc) is 2.54. The van der Waals surface area contributed by atoms with Gasteiger partial charge >= 0.3 is 0 Å². The molecule has 5 heteroatoms. The van der Waals surface area contributed by atoms with Crippen molar-refractivity contribution >= 4 is 5.91 Å². The highest BCUT2D eigenvalue weighted by Crippen LogP contribution is 2.31. The van der Waals surface area contributed by atoms with Gasteiger partial charge in [-0.15, -0.1) is 0 Å². The van der Waals surface area contributed by atoms with Gasteiger partial charge in [-0.2, -0.15) is 0 Å². The van der Waals surface area contributed by atoms with Gasteiger partial charge in [0.1, 0.15) is 0 Å². The highest BCUT2D eigenvalue weighted by Gasteiger charge is 2.25. The molecule has 5 nitrogen and oxygen atoms in total. The smallest absolute Gasteiger partial charge is 0.254 e. The summed E-state index contributed by atoms with van der Waals surface area (Å²) < 4.78 is 10.6. The predicted molar refractivity (Wildman–Crippen MR) is 86.8 cm³/mol. The number of nitrogens with zero attached hydrogens (tertiary/aromatic N) is 1. The van der Waals surface area contributed by atoms with Gasteiger partial charge in [-0.25, -0.2) is 0 Å². The Hall–Kier alpha value is -1.75. The van der Waals surface area contributed by atoms with Gasteiger partial charge in [-0.3, -0.25) is 4.79 Å². The van der Waals surface area contributed by atoms with E-state index in [-0.39, 0.29) is 5.91 Å². The minimum Gasteiger partial charge on any atom is -0.493 e. The molecule has 1 heterocycles. The number of hydrogen-bond donors (Lipinski definition) is 1. The number of methoxy groups -OCH3 is 2. The number of aryl methyl sites for hydroxylation is 1. The summed E-state index contributed by atoms with van der Waals surface area (Å²) in [6.45, 7) is 4.53. The summed E-state index contributed by atoms with van der Waals surface area (Å²) in [7, 11) is 5.15. The number of piperidine rings is 1. The van der Waals surface area contributed by atoms with E-state index in [0.29, 0.717) is 23.0 Å². The second-order valence-electron chi connectivity index (χ2n) is 5.84. The van der Waals surface area contributed by atoms with Crippen molar-refractivity contribution in [2.24, 2.45) is 5.92 Å². The van der Waals surface area contributed by atoms with Crippen molar-refractivity contribution in [3.8, 4) is 11.5 Å². The van der Waals surface area contributed by atoms with Crippen LogP contribution in [-0.4, -0.2) is 51.7 Å². The maximum Gasteiger partial charge on any atom is 0.254 e. The Labute approximate surface area is 132 Å². The minimum atomic E-state index is 0.0826. The standard InChI is InChI=1S/C17H26N2O3/c1-12-8-15(21-3)16(22-4)9-14(12)17(20)19-7-5-6-13(11-19)10-18-2/h8-9,13,18H,5-7,10-11H2,1-4H3/t13-/m0/s1. The van der Waals surface area contributed by atoms with Crippen LogP contribution in [0.4, 0.5) is 0 Å². The van der Waals surface area contributed by atoms with Crippen LogP contribution in [0.1, 0.15) is 28.8 Å². The normalized spacial score (nSPS) is 18.2. The van der Waals surface area contributed by atoms with Crippen molar-refractivity contribution in [1.82, 2.24) is 10.2 Å². The fourth-order valence-corrected chi connectivity index (χ4v) is 3.09. The molecule has 0 bridgehead atoms. The number of rotatable bonds is 5. The van der Waals surface area contributed by atoms with E-state index in [0.717, 1.165) is 31.6 Å². The Balaban J connectivity index is 2.21. The van der Waals surface area contributed by atoms with Crippen LogP contribution in [-0.2, 0) is 0 Å². The van der Waals surface area contributed by atoms with Gasteiger partial charge in [0.25, 0.3) is 5.91 Å². The molecule has 0 aromatic heterocycles. The summed E-state index contributed by atoms with van der Waals surface area (Å²) in [6, 6.07) is 3.65. The first-order valence-corrected chi connectivity index (χ1v) is 7.77. The molecule has 1 aromatic carbocycles. The zero-order valence-electron chi connectivity index (χ0n) is 13.9. The quantitative estimate of drug-likeness (QED) is 0.905. The fraction of sp³-hybridized carbons (Fsp3) is 0.588. The van der Waals surface area contributed by atoms with Gasteiger partial charge in [-0.1, -0.05) is 0 Å². The summed E-state index contributed by atoms with van der Waals surface area (Å²) in [5.74, 6) is 1.87. The van der Waals surface area contributed by atoms with Crippen LogP contribution in [0.3, 0.4) is 0 Å². The second-order valence-corrected chi connectivity index (χ2v) is 5.84. The van der Waals surface area contributed by atoms with Crippen LogP contribution in [0.2, 0.25) is 0 Å². The largest absolute Gasteiger partial charge is 0.493 e. The third kappa shape index (κ3) is 3.53. The highest BCUT2D eigenvalue weighted by atomic mass is 16.5. The van der Waals surface area contributed by atoms with E-state index >= 15 is 0 Å². The van der Waals surface area contributed by atoms with Crippen LogP contribution < -0.4 is 14.8 Å². The summed E-state index contributed by atoms with van der Waals surface area (Å²) in [4.78, 5) is 14.8. The number of amides is 1. The molecular formula is C17H26N2O3. The zero-order chi connectivity index (χ0) is 16.1. The predicted octanol–water partition coefficient (Wildman–Crippen LogP) is 2.08. The Morgan fingerprint density at radius 3 is 2.64 bits per heavy atom. The topological polar surface area (TPSA) is 50.8 Å². The lowest BCUT2D eigenvalue weighted by Crippen LogP contribution is -2.42. The van der Waals surface area contributed by atoms with Crippen LogP contribution in [0.5, 0.6) is 11.5 Å². The maximum atomic E-state index is 12.8. The Bertz CT molecular complexity index is 529. The molecule has 1 saturated heterocycles. The highest BCUT2D eigenvalue weighted by molar-refractivity contribution is 5.96. The number of likely N-dealkylation sites (tertiary alicyclic amines) is 1. The van der Waals surface area contributed by atoms with Crippen molar-refractivity contribution in [2.45, 2.75) is 19.8 Å². The molecule has 1 atom stereocenters. The summed E-state index contributed by atoms with van der Waals surface area (Å²) in [5, 5.41) is 3.21. The minimum absolute atomic E-state index is 0.0826. The van der Waals surface area contributed by atoms with E-state index in [2.05, 4.69) is 5.32 Å². The molecule has 1 fully saturated rings. The van der Waals surface area contributed by atoms with E-state index < -0.39 is 0 Å². The number of hydrogen-bond acceptors (Lipinski definition) is 4. The molecular weight excluding hydrogens is 280 g/mol. The zero-order valence-corrected chi connectivity index (χ0v) is 13.9. The Morgan fingerprint density at radius 2 is 2.00 bits per heavy atom. The van der Waals surface area contributed by atoms with Gasteiger partial charge in [0.2, 0.25) is 0 Å². The first-order valence-electron chi connectivity index (χ1n) is 7.77. The molecule has 122 valence electrons. The number of benzene rings is 1. The molecule has 0 spiro atoms. The maximum absolute atomic E-state index is 12.8. The van der Waals surface area contributed by atoms with Gasteiger partial charge < -0.3 is 19.7 Å². The van der Waals surface area contributed by atoms with Crippen LogP contribution in [0.15, 0.2) is 12.1 Å². The van der Waals surface area contributed by atoms with Crippen molar-refractivity contribution in [2.75, 3.05) is 40.9 Å².